The minimum Gasteiger partial charge on any atom is -0.311 e. The van der Waals surface area contributed by atoms with Crippen molar-refractivity contribution in [3.05, 3.63) is 60.2 Å². The third kappa shape index (κ3) is 3.17. The summed E-state index contributed by atoms with van der Waals surface area (Å²) in [5, 5.41) is 7.53. The molecule has 2 aromatic carbocycles. The predicted octanol–water partition coefficient (Wildman–Crippen LogP) is 3.54. The van der Waals surface area contributed by atoms with E-state index in [0.717, 1.165) is 24.2 Å². The lowest BCUT2D eigenvalue weighted by Crippen LogP contribution is -2.35. The Kier molecular flexibility index (Phi) is 4.28. The quantitative estimate of drug-likeness (QED) is 0.731. The Hall–Kier alpha value is -2.60. The number of benzene rings is 2. The molecule has 1 atom stereocenters. The number of aromatic nitrogens is 3. The van der Waals surface area contributed by atoms with Gasteiger partial charge in [-0.15, -0.1) is 5.10 Å². The molecule has 1 unspecified atom stereocenters. The number of amides is 1. The van der Waals surface area contributed by atoms with Gasteiger partial charge in [0.1, 0.15) is 0 Å². The lowest BCUT2D eigenvalue weighted by atomic mass is 10.2. The molecule has 3 aromatic rings. The highest BCUT2D eigenvalue weighted by atomic mass is 32.2. The fraction of sp³-hybridized carbons (Fsp3) is 0.211. The maximum atomic E-state index is 12.8. The Labute approximate surface area is 150 Å². The van der Waals surface area contributed by atoms with Gasteiger partial charge in [0.2, 0.25) is 11.1 Å². The van der Waals surface area contributed by atoms with Crippen molar-refractivity contribution in [3.8, 4) is 11.4 Å². The van der Waals surface area contributed by atoms with Crippen molar-refractivity contribution in [2.24, 2.45) is 0 Å². The molecule has 1 amide bonds. The number of thioether (sulfide) groups is 1. The molecular weight excluding hydrogens is 332 g/mol. The van der Waals surface area contributed by atoms with Crippen LogP contribution < -0.4 is 4.90 Å². The fourth-order valence-electron chi connectivity index (χ4n) is 3.02. The first-order chi connectivity index (χ1) is 12.2. The molecule has 0 saturated carbocycles. The largest absolute Gasteiger partial charge is 0.311 e. The van der Waals surface area contributed by atoms with Gasteiger partial charge in [-0.3, -0.25) is 9.89 Å². The molecule has 1 aromatic heterocycles. The summed E-state index contributed by atoms with van der Waals surface area (Å²) in [6.45, 7) is 2.65. The highest BCUT2D eigenvalue weighted by Gasteiger charge is 2.28. The van der Waals surface area contributed by atoms with Gasteiger partial charge >= 0.3 is 0 Å². The smallest absolute Gasteiger partial charge is 0.240 e. The molecule has 25 heavy (non-hydrogen) atoms. The Bertz CT molecular complexity index is 893. The zero-order valence-corrected chi connectivity index (χ0v) is 14.7. The van der Waals surface area contributed by atoms with Crippen LogP contribution in [0.1, 0.15) is 12.5 Å². The molecule has 1 N–H and O–H groups in total. The molecule has 1 aliphatic rings. The summed E-state index contributed by atoms with van der Waals surface area (Å²) >= 11 is 1.38. The van der Waals surface area contributed by atoms with Crippen molar-refractivity contribution in [2.45, 2.75) is 23.8 Å². The number of hydrogen-bond donors (Lipinski definition) is 1. The first-order valence-electron chi connectivity index (χ1n) is 8.26. The summed E-state index contributed by atoms with van der Waals surface area (Å²) in [6.07, 6.45) is 0.915. The standard InChI is InChI=1S/C19H18N4OS/c1-13(18(24)23-12-11-14-7-5-6-10-16(14)23)25-19-20-17(21-22-19)15-8-3-2-4-9-15/h2-10,13H,11-12H2,1H3,(H,20,21,22). The molecule has 4 rings (SSSR count). The van der Waals surface area contributed by atoms with E-state index in [4.69, 9.17) is 0 Å². The Balaban J connectivity index is 1.47. The summed E-state index contributed by atoms with van der Waals surface area (Å²) < 4.78 is 0. The summed E-state index contributed by atoms with van der Waals surface area (Å²) in [5.41, 5.74) is 3.24. The van der Waals surface area contributed by atoms with Crippen LogP contribution in [0.3, 0.4) is 0 Å². The Morgan fingerprint density at radius 2 is 1.92 bits per heavy atom. The zero-order valence-electron chi connectivity index (χ0n) is 13.8. The maximum Gasteiger partial charge on any atom is 0.240 e. The number of nitrogens with zero attached hydrogens (tertiary/aromatic N) is 3. The van der Waals surface area contributed by atoms with Crippen molar-refractivity contribution in [1.82, 2.24) is 15.2 Å². The van der Waals surface area contributed by atoms with E-state index in [2.05, 4.69) is 21.2 Å². The average molecular weight is 350 g/mol. The van der Waals surface area contributed by atoms with Crippen molar-refractivity contribution in [2.75, 3.05) is 11.4 Å². The number of carbonyl (C=O) groups excluding carboxylic acids is 1. The molecule has 5 nitrogen and oxygen atoms in total. The lowest BCUT2D eigenvalue weighted by Gasteiger charge is -2.20. The zero-order chi connectivity index (χ0) is 17.2. The SMILES string of the molecule is CC(Sc1n[nH]c(-c2ccccc2)n1)C(=O)N1CCc2ccccc21. The number of H-pyrrole nitrogens is 1. The average Bonchev–Trinajstić information content (AvgIpc) is 3.29. The van der Waals surface area contributed by atoms with Gasteiger partial charge in [0.25, 0.3) is 0 Å². The van der Waals surface area contributed by atoms with Crippen LogP contribution in [-0.4, -0.2) is 32.9 Å². The van der Waals surface area contributed by atoms with Crippen LogP contribution in [-0.2, 0) is 11.2 Å². The number of aromatic amines is 1. The second-order valence-electron chi connectivity index (χ2n) is 5.96. The summed E-state index contributed by atoms with van der Waals surface area (Å²) in [5.74, 6) is 0.815. The van der Waals surface area contributed by atoms with E-state index in [0.29, 0.717) is 11.0 Å². The first-order valence-corrected chi connectivity index (χ1v) is 9.14. The van der Waals surface area contributed by atoms with E-state index in [1.54, 1.807) is 0 Å². The van der Waals surface area contributed by atoms with Gasteiger partial charge in [0.05, 0.1) is 5.25 Å². The van der Waals surface area contributed by atoms with E-state index in [1.807, 2.05) is 60.4 Å². The maximum absolute atomic E-state index is 12.8. The van der Waals surface area contributed by atoms with Crippen LogP contribution in [0, 0.1) is 0 Å². The van der Waals surface area contributed by atoms with Crippen LogP contribution in [0.15, 0.2) is 59.8 Å². The molecule has 6 heteroatoms. The topological polar surface area (TPSA) is 61.9 Å². The second-order valence-corrected chi connectivity index (χ2v) is 7.27. The molecule has 0 saturated heterocycles. The van der Waals surface area contributed by atoms with Crippen LogP contribution in [0.5, 0.6) is 0 Å². The van der Waals surface area contributed by atoms with Crippen molar-refractivity contribution in [3.63, 3.8) is 0 Å². The number of fused-ring (bicyclic) bond motifs is 1. The number of nitrogens with one attached hydrogen (secondary N) is 1. The molecule has 0 bridgehead atoms. The van der Waals surface area contributed by atoms with Crippen molar-refractivity contribution in [1.29, 1.82) is 0 Å². The van der Waals surface area contributed by atoms with Gasteiger partial charge in [-0.2, -0.15) is 0 Å². The molecule has 0 aliphatic carbocycles. The van der Waals surface area contributed by atoms with E-state index < -0.39 is 0 Å². The number of carbonyl (C=O) groups is 1. The van der Waals surface area contributed by atoms with Crippen molar-refractivity contribution >= 4 is 23.4 Å². The van der Waals surface area contributed by atoms with Crippen LogP contribution >= 0.6 is 11.8 Å². The minimum absolute atomic E-state index is 0.0982. The molecule has 0 radical (unpaired) electrons. The van der Waals surface area contributed by atoms with Gasteiger partial charge in [-0.05, 0) is 25.0 Å². The minimum atomic E-state index is -0.245. The van der Waals surface area contributed by atoms with Crippen LogP contribution in [0.2, 0.25) is 0 Å². The molecule has 1 aliphatic heterocycles. The molecule has 126 valence electrons. The normalized spacial score (nSPS) is 14.4. The Morgan fingerprint density at radius 1 is 1.16 bits per heavy atom. The summed E-state index contributed by atoms with van der Waals surface area (Å²) in [4.78, 5) is 19.2. The van der Waals surface area contributed by atoms with E-state index in [-0.39, 0.29) is 11.2 Å². The van der Waals surface area contributed by atoms with Gasteiger partial charge < -0.3 is 4.90 Å². The molecule has 0 spiro atoms. The number of hydrogen-bond acceptors (Lipinski definition) is 4. The summed E-state index contributed by atoms with van der Waals surface area (Å²) in [7, 11) is 0. The number of rotatable bonds is 4. The predicted molar refractivity (Wildman–Crippen MR) is 99.6 cm³/mol. The van der Waals surface area contributed by atoms with E-state index >= 15 is 0 Å². The van der Waals surface area contributed by atoms with Gasteiger partial charge in [0.15, 0.2) is 5.82 Å². The van der Waals surface area contributed by atoms with Gasteiger partial charge in [-0.25, -0.2) is 4.98 Å². The number of anilines is 1. The molecular formula is C19H18N4OS. The van der Waals surface area contributed by atoms with Crippen LogP contribution in [0.4, 0.5) is 5.69 Å². The lowest BCUT2D eigenvalue weighted by molar-refractivity contribution is -0.117. The van der Waals surface area contributed by atoms with E-state index in [1.165, 1.54) is 17.3 Å². The van der Waals surface area contributed by atoms with Crippen LogP contribution in [0.25, 0.3) is 11.4 Å². The second kappa shape index (κ2) is 6.72. The fourth-order valence-corrected chi connectivity index (χ4v) is 3.81. The summed E-state index contributed by atoms with van der Waals surface area (Å²) in [6, 6.07) is 17.9. The highest BCUT2D eigenvalue weighted by molar-refractivity contribution is 8.00. The Morgan fingerprint density at radius 3 is 2.76 bits per heavy atom. The van der Waals surface area contributed by atoms with Gasteiger partial charge in [-0.1, -0.05) is 60.3 Å². The monoisotopic (exact) mass is 350 g/mol. The first kappa shape index (κ1) is 15.9. The molecule has 0 fully saturated rings. The third-order valence-corrected chi connectivity index (χ3v) is 5.24. The third-order valence-electron chi connectivity index (χ3n) is 4.30. The molecule has 2 heterocycles. The van der Waals surface area contributed by atoms with E-state index in [9.17, 15) is 4.79 Å². The van der Waals surface area contributed by atoms with Crippen molar-refractivity contribution < 1.29 is 4.79 Å². The number of para-hydroxylation sites is 1. The highest BCUT2D eigenvalue weighted by Crippen LogP contribution is 2.31. The van der Waals surface area contributed by atoms with Gasteiger partial charge in [0, 0.05) is 17.8 Å².